The molecule has 0 aliphatic carbocycles. The molecule has 0 unspecified atom stereocenters. The number of rotatable bonds is 3. The van der Waals surface area contributed by atoms with Crippen molar-refractivity contribution < 1.29 is 13.9 Å². The van der Waals surface area contributed by atoms with Crippen LogP contribution in [0.3, 0.4) is 0 Å². The van der Waals surface area contributed by atoms with E-state index in [4.69, 9.17) is 9.15 Å². The van der Waals surface area contributed by atoms with Crippen LogP contribution in [-0.4, -0.2) is 45.3 Å². The Morgan fingerprint density at radius 2 is 2.08 bits per heavy atom. The van der Waals surface area contributed by atoms with Gasteiger partial charge in [-0.05, 0) is 25.1 Å². The maximum absolute atomic E-state index is 13.0. The zero-order chi connectivity index (χ0) is 17.2. The van der Waals surface area contributed by atoms with Crippen LogP contribution >= 0.6 is 0 Å². The number of nitrogens with zero attached hydrogens (tertiary/aromatic N) is 4. The molecule has 7 heteroatoms. The number of morpholine rings is 1. The number of hydrogen-bond acceptors (Lipinski definition) is 5. The third kappa shape index (κ3) is 2.83. The molecule has 0 saturated carbocycles. The SMILES string of the molecule is Cc1occc1C(=O)N1CCOC[C@H]1c1ncnn1-c1ccccc1. The molecule has 0 radical (unpaired) electrons. The van der Waals surface area contributed by atoms with E-state index in [1.165, 1.54) is 12.6 Å². The molecule has 1 aliphatic rings. The van der Waals surface area contributed by atoms with Crippen molar-refractivity contribution in [2.45, 2.75) is 13.0 Å². The second kappa shape index (κ2) is 6.52. The summed E-state index contributed by atoms with van der Waals surface area (Å²) < 4.78 is 12.7. The normalized spacial score (nSPS) is 17.6. The molecule has 0 N–H and O–H groups in total. The van der Waals surface area contributed by atoms with Crippen molar-refractivity contribution >= 4 is 5.91 Å². The molecule has 3 heterocycles. The highest BCUT2D eigenvalue weighted by molar-refractivity contribution is 5.95. The van der Waals surface area contributed by atoms with Gasteiger partial charge in [0.15, 0.2) is 5.82 Å². The van der Waals surface area contributed by atoms with Gasteiger partial charge in [-0.25, -0.2) is 9.67 Å². The van der Waals surface area contributed by atoms with Gasteiger partial charge in [-0.1, -0.05) is 18.2 Å². The van der Waals surface area contributed by atoms with E-state index in [0.717, 1.165) is 5.69 Å². The first-order valence-electron chi connectivity index (χ1n) is 8.14. The minimum Gasteiger partial charge on any atom is -0.469 e. The lowest BCUT2D eigenvalue weighted by atomic mass is 10.1. The Bertz CT molecular complexity index is 871. The number of furan rings is 1. The summed E-state index contributed by atoms with van der Waals surface area (Å²) in [5.74, 6) is 1.21. The van der Waals surface area contributed by atoms with Crippen molar-refractivity contribution in [1.29, 1.82) is 0 Å². The molecule has 4 rings (SSSR count). The molecule has 25 heavy (non-hydrogen) atoms. The number of carbonyl (C=O) groups excluding carboxylic acids is 1. The first-order valence-corrected chi connectivity index (χ1v) is 8.14. The van der Waals surface area contributed by atoms with E-state index >= 15 is 0 Å². The maximum atomic E-state index is 13.0. The second-order valence-electron chi connectivity index (χ2n) is 5.85. The highest BCUT2D eigenvalue weighted by Crippen LogP contribution is 2.27. The summed E-state index contributed by atoms with van der Waals surface area (Å²) in [7, 11) is 0. The van der Waals surface area contributed by atoms with Gasteiger partial charge in [0.1, 0.15) is 18.1 Å². The van der Waals surface area contributed by atoms with Gasteiger partial charge in [-0.3, -0.25) is 4.79 Å². The Hall–Kier alpha value is -2.93. The van der Waals surface area contributed by atoms with Crippen LogP contribution in [0.5, 0.6) is 0 Å². The van der Waals surface area contributed by atoms with Crippen LogP contribution in [0.4, 0.5) is 0 Å². The van der Waals surface area contributed by atoms with Crippen molar-refractivity contribution in [2.75, 3.05) is 19.8 Å². The molecule has 1 amide bonds. The lowest BCUT2D eigenvalue weighted by Crippen LogP contribution is -2.44. The van der Waals surface area contributed by atoms with Gasteiger partial charge in [0.2, 0.25) is 0 Å². The predicted octanol–water partition coefficient (Wildman–Crippen LogP) is 2.38. The van der Waals surface area contributed by atoms with Gasteiger partial charge in [0, 0.05) is 6.54 Å². The van der Waals surface area contributed by atoms with Gasteiger partial charge in [0.25, 0.3) is 5.91 Å². The van der Waals surface area contributed by atoms with E-state index in [2.05, 4.69) is 10.1 Å². The lowest BCUT2D eigenvalue weighted by Gasteiger charge is -2.34. The van der Waals surface area contributed by atoms with E-state index in [9.17, 15) is 4.79 Å². The number of benzene rings is 1. The number of para-hydroxylation sites is 1. The van der Waals surface area contributed by atoms with Crippen LogP contribution in [0.15, 0.2) is 53.4 Å². The molecule has 1 aliphatic heterocycles. The van der Waals surface area contributed by atoms with Gasteiger partial charge < -0.3 is 14.1 Å². The summed E-state index contributed by atoms with van der Waals surface area (Å²) in [5, 5.41) is 4.33. The first-order chi connectivity index (χ1) is 12.3. The fourth-order valence-electron chi connectivity index (χ4n) is 3.07. The molecule has 0 bridgehead atoms. The average Bonchev–Trinajstić information content (AvgIpc) is 3.31. The minimum absolute atomic E-state index is 0.0813. The highest BCUT2D eigenvalue weighted by atomic mass is 16.5. The van der Waals surface area contributed by atoms with Crippen LogP contribution in [0, 0.1) is 6.92 Å². The van der Waals surface area contributed by atoms with E-state index in [1.54, 1.807) is 22.6 Å². The monoisotopic (exact) mass is 338 g/mol. The van der Waals surface area contributed by atoms with Crippen molar-refractivity contribution in [3.63, 3.8) is 0 Å². The van der Waals surface area contributed by atoms with E-state index in [1.807, 2.05) is 30.3 Å². The molecule has 1 aromatic carbocycles. The highest BCUT2D eigenvalue weighted by Gasteiger charge is 2.34. The van der Waals surface area contributed by atoms with Crippen LogP contribution in [0.1, 0.15) is 28.0 Å². The lowest BCUT2D eigenvalue weighted by molar-refractivity contribution is -0.00588. The fraction of sp³-hybridized carbons (Fsp3) is 0.278. The molecule has 1 atom stereocenters. The third-order valence-electron chi connectivity index (χ3n) is 4.35. The maximum Gasteiger partial charge on any atom is 0.258 e. The number of amides is 1. The molecular weight excluding hydrogens is 320 g/mol. The Balaban J connectivity index is 1.70. The zero-order valence-electron chi connectivity index (χ0n) is 13.8. The predicted molar refractivity (Wildman–Crippen MR) is 89.4 cm³/mol. The number of hydrogen-bond donors (Lipinski definition) is 0. The summed E-state index contributed by atoms with van der Waals surface area (Å²) in [6, 6.07) is 11.1. The minimum atomic E-state index is -0.307. The number of carbonyl (C=O) groups is 1. The summed E-state index contributed by atoms with van der Waals surface area (Å²) in [6.07, 6.45) is 3.03. The van der Waals surface area contributed by atoms with E-state index in [-0.39, 0.29) is 11.9 Å². The molecule has 2 aromatic heterocycles. The quantitative estimate of drug-likeness (QED) is 0.733. The Labute approximate surface area is 144 Å². The summed E-state index contributed by atoms with van der Waals surface area (Å²) in [6.45, 7) is 3.16. The van der Waals surface area contributed by atoms with Crippen molar-refractivity contribution in [2.24, 2.45) is 0 Å². The van der Waals surface area contributed by atoms with Gasteiger partial charge in [-0.2, -0.15) is 5.10 Å². The first kappa shape index (κ1) is 15.6. The smallest absolute Gasteiger partial charge is 0.258 e. The van der Waals surface area contributed by atoms with Crippen molar-refractivity contribution in [3.05, 3.63) is 66.1 Å². The second-order valence-corrected chi connectivity index (χ2v) is 5.85. The standard InChI is InChI=1S/C18H18N4O3/c1-13-15(7-9-25-13)18(23)21-8-10-24-11-16(21)17-19-12-20-22(17)14-5-3-2-4-6-14/h2-7,9,12,16H,8,10-11H2,1H3/t16-/m0/s1. The van der Waals surface area contributed by atoms with Crippen LogP contribution in [0.2, 0.25) is 0 Å². The molecule has 0 spiro atoms. The van der Waals surface area contributed by atoms with E-state index in [0.29, 0.717) is 36.9 Å². The molecule has 3 aromatic rings. The summed E-state index contributed by atoms with van der Waals surface area (Å²) in [5.41, 5.74) is 1.46. The largest absolute Gasteiger partial charge is 0.469 e. The molecule has 1 fully saturated rings. The van der Waals surface area contributed by atoms with Crippen molar-refractivity contribution in [1.82, 2.24) is 19.7 Å². The molecule has 7 nitrogen and oxygen atoms in total. The van der Waals surface area contributed by atoms with Gasteiger partial charge in [-0.15, -0.1) is 0 Å². The summed E-state index contributed by atoms with van der Waals surface area (Å²) >= 11 is 0. The topological polar surface area (TPSA) is 73.4 Å². The molecule has 1 saturated heterocycles. The Morgan fingerprint density at radius 3 is 2.84 bits per heavy atom. The number of aryl methyl sites for hydroxylation is 1. The third-order valence-corrected chi connectivity index (χ3v) is 4.35. The Kier molecular flexibility index (Phi) is 4.07. The fourth-order valence-corrected chi connectivity index (χ4v) is 3.07. The van der Waals surface area contributed by atoms with Crippen LogP contribution in [-0.2, 0) is 4.74 Å². The van der Waals surface area contributed by atoms with Crippen LogP contribution < -0.4 is 0 Å². The molecule has 128 valence electrons. The van der Waals surface area contributed by atoms with E-state index < -0.39 is 0 Å². The number of ether oxygens (including phenoxy) is 1. The number of aromatic nitrogens is 3. The Morgan fingerprint density at radius 1 is 1.24 bits per heavy atom. The van der Waals surface area contributed by atoms with Gasteiger partial charge in [0.05, 0.1) is 30.7 Å². The van der Waals surface area contributed by atoms with Gasteiger partial charge >= 0.3 is 0 Å². The van der Waals surface area contributed by atoms with Crippen molar-refractivity contribution in [3.8, 4) is 5.69 Å². The molecular formula is C18H18N4O3. The average molecular weight is 338 g/mol. The zero-order valence-corrected chi connectivity index (χ0v) is 13.8. The summed E-state index contributed by atoms with van der Waals surface area (Å²) in [4.78, 5) is 19.2. The van der Waals surface area contributed by atoms with Crippen LogP contribution in [0.25, 0.3) is 5.69 Å².